The van der Waals surface area contributed by atoms with E-state index in [-0.39, 0.29) is 6.04 Å². The standard InChI is InChI=1S/C16H15ClN2/c1-12(13-6-8-15(17)9-7-13)19-10-14-4-2-3-5-16(14)18-11-19/h2-9,11-12H,10H2,1H3/t12-/m1/s1. The van der Waals surface area contributed by atoms with Gasteiger partial charge in [0, 0.05) is 11.6 Å². The molecule has 2 aromatic carbocycles. The minimum absolute atomic E-state index is 0.286. The van der Waals surface area contributed by atoms with Gasteiger partial charge in [0.15, 0.2) is 0 Å². The van der Waals surface area contributed by atoms with Crippen LogP contribution in [0, 0.1) is 0 Å². The fraction of sp³-hybridized carbons (Fsp3) is 0.188. The summed E-state index contributed by atoms with van der Waals surface area (Å²) in [5.74, 6) is 0. The van der Waals surface area contributed by atoms with Gasteiger partial charge < -0.3 is 4.90 Å². The predicted octanol–water partition coefficient (Wildman–Crippen LogP) is 4.58. The molecule has 2 aromatic rings. The van der Waals surface area contributed by atoms with Gasteiger partial charge in [-0.1, -0.05) is 41.9 Å². The molecular formula is C16H15ClN2. The maximum Gasteiger partial charge on any atom is 0.0920 e. The van der Waals surface area contributed by atoms with E-state index in [4.69, 9.17) is 11.6 Å². The fourth-order valence-corrected chi connectivity index (χ4v) is 2.44. The summed E-state index contributed by atoms with van der Waals surface area (Å²) in [5.41, 5.74) is 3.59. The number of para-hydroxylation sites is 1. The predicted molar refractivity (Wildman–Crippen MR) is 80.0 cm³/mol. The lowest BCUT2D eigenvalue weighted by molar-refractivity contribution is 0.336. The van der Waals surface area contributed by atoms with Gasteiger partial charge in [-0.25, -0.2) is 4.99 Å². The van der Waals surface area contributed by atoms with E-state index in [0.29, 0.717) is 0 Å². The highest BCUT2D eigenvalue weighted by Gasteiger charge is 2.17. The van der Waals surface area contributed by atoms with Gasteiger partial charge in [-0.15, -0.1) is 0 Å². The molecule has 19 heavy (non-hydrogen) atoms. The van der Waals surface area contributed by atoms with Crippen molar-refractivity contribution < 1.29 is 0 Å². The molecular weight excluding hydrogens is 256 g/mol. The van der Waals surface area contributed by atoms with Gasteiger partial charge in [-0.05, 0) is 36.2 Å². The number of hydrogen-bond donors (Lipinski definition) is 0. The molecule has 1 heterocycles. The Kier molecular flexibility index (Phi) is 3.26. The maximum atomic E-state index is 5.93. The Morgan fingerprint density at radius 1 is 1.11 bits per heavy atom. The van der Waals surface area contributed by atoms with Crippen molar-refractivity contribution in [2.75, 3.05) is 0 Å². The second-order valence-corrected chi connectivity index (χ2v) is 5.21. The second-order valence-electron chi connectivity index (χ2n) is 4.77. The summed E-state index contributed by atoms with van der Waals surface area (Å²) in [6.07, 6.45) is 1.93. The summed E-state index contributed by atoms with van der Waals surface area (Å²) in [6.45, 7) is 3.08. The summed E-state index contributed by atoms with van der Waals surface area (Å²) in [4.78, 5) is 6.76. The topological polar surface area (TPSA) is 15.6 Å². The molecule has 3 rings (SSSR count). The molecule has 1 aliphatic heterocycles. The molecule has 1 aliphatic rings. The minimum Gasteiger partial charge on any atom is -0.351 e. The van der Waals surface area contributed by atoms with Crippen LogP contribution in [0.5, 0.6) is 0 Å². The van der Waals surface area contributed by atoms with Crippen LogP contribution in [0.25, 0.3) is 0 Å². The highest BCUT2D eigenvalue weighted by molar-refractivity contribution is 6.30. The van der Waals surface area contributed by atoms with E-state index in [1.54, 1.807) is 0 Å². The minimum atomic E-state index is 0.286. The Bertz CT molecular complexity index is 604. The van der Waals surface area contributed by atoms with Crippen LogP contribution in [0.4, 0.5) is 5.69 Å². The van der Waals surface area contributed by atoms with Crippen molar-refractivity contribution in [1.29, 1.82) is 0 Å². The third-order valence-corrected chi connectivity index (χ3v) is 3.79. The molecule has 2 nitrogen and oxygen atoms in total. The van der Waals surface area contributed by atoms with Crippen LogP contribution < -0.4 is 0 Å². The summed E-state index contributed by atoms with van der Waals surface area (Å²) < 4.78 is 0. The van der Waals surface area contributed by atoms with Crippen LogP contribution in [0.1, 0.15) is 24.1 Å². The van der Waals surface area contributed by atoms with Gasteiger partial charge in [-0.3, -0.25) is 0 Å². The zero-order valence-electron chi connectivity index (χ0n) is 10.8. The summed E-state index contributed by atoms with van der Waals surface area (Å²) in [5, 5.41) is 0.772. The van der Waals surface area contributed by atoms with Crippen molar-refractivity contribution in [2.45, 2.75) is 19.5 Å². The molecule has 0 N–H and O–H groups in total. The SMILES string of the molecule is C[C@H](c1ccc(Cl)cc1)N1C=Nc2ccccc2C1. The highest BCUT2D eigenvalue weighted by Crippen LogP contribution is 2.29. The van der Waals surface area contributed by atoms with Crippen molar-refractivity contribution in [3.05, 3.63) is 64.7 Å². The van der Waals surface area contributed by atoms with E-state index in [9.17, 15) is 0 Å². The van der Waals surface area contributed by atoms with E-state index in [2.05, 4.69) is 47.1 Å². The monoisotopic (exact) mass is 270 g/mol. The first kappa shape index (κ1) is 12.2. The van der Waals surface area contributed by atoms with E-state index < -0.39 is 0 Å². The summed E-state index contributed by atoms with van der Waals surface area (Å²) in [6, 6.07) is 16.6. The lowest BCUT2D eigenvalue weighted by Gasteiger charge is -2.30. The number of fused-ring (bicyclic) bond motifs is 1. The Labute approximate surface area is 118 Å². The summed E-state index contributed by atoms with van der Waals surface area (Å²) >= 11 is 5.93. The molecule has 0 amide bonds. The van der Waals surface area contributed by atoms with Gasteiger partial charge >= 0.3 is 0 Å². The number of halogens is 1. The first-order chi connectivity index (χ1) is 9.24. The zero-order valence-corrected chi connectivity index (χ0v) is 11.5. The number of aliphatic imine (C=N–C) groups is 1. The Morgan fingerprint density at radius 3 is 2.63 bits per heavy atom. The Hall–Kier alpha value is -1.80. The van der Waals surface area contributed by atoms with Crippen LogP contribution in [0.3, 0.4) is 0 Å². The number of benzene rings is 2. The molecule has 0 aliphatic carbocycles. The molecule has 1 atom stereocenters. The molecule has 0 saturated carbocycles. The second kappa shape index (κ2) is 5.06. The number of rotatable bonds is 2. The van der Waals surface area contributed by atoms with E-state index >= 15 is 0 Å². The van der Waals surface area contributed by atoms with Gasteiger partial charge in [-0.2, -0.15) is 0 Å². The van der Waals surface area contributed by atoms with Crippen molar-refractivity contribution in [1.82, 2.24) is 4.90 Å². The molecule has 0 spiro atoms. The first-order valence-corrected chi connectivity index (χ1v) is 6.75. The molecule has 0 bridgehead atoms. The number of hydrogen-bond acceptors (Lipinski definition) is 2. The lowest BCUT2D eigenvalue weighted by Crippen LogP contribution is -2.27. The lowest BCUT2D eigenvalue weighted by atomic mass is 10.1. The van der Waals surface area contributed by atoms with Crippen LogP contribution in [-0.4, -0.2) is 11.2 Å². The molecule has 0 saturated heterocycles. The molecule has 0 unspecified atom stereocenters. The van der Waals surface area contributed by atoms with Crippen LogP contribution in [0.2, 0.25) is 5.02 Å². The largest absolute Gasteiger partial charge is 0.351 e. The maximum absolute atomic E-state index is 5.93. The van der Waals surface area contributed by atoms with Crippen LogP contribution in [-0.2, 0) is 6.54 Å². The van der Waals surface area contributed by atoms with Crippen LogP contribution >= 0.6 is 11.6 Å². The van der Waals surface area contributed by atoms with Crippen LogP contribution in [0.15, 0.2) is 53.5 Å². The molecule has 0 fully saturated rings. The molecule has 0 aromatic heterocycles. The molecule has 3 heteroatoms. The number of nitrogens with zero attached hydrogens (tertiary/aromatic N) is 2. The van der Waals surface area contributed by atoms with Gasteiger partial charge in [0.1, 0.15) is 0 Å². The van der Waals surface area contributed by atoms with Crippen molar-refractivity contribution >= 4 is 23.6 Å². The fourth-order valence-electron chi connectivity index (χ4n) is 2.31. The third kappa shape index (κ3) is 2.49. The molecule has 96 valence electrons. The van der Waals surface area contributed by atoms with E-state index in [0.717, 1.165) is 17.3 Å². The van der Waals surface area contributed by atoms with Gasteiger partial charge in [0.25, 0.3) is 0 Å². The zero-order chi connectivity index (χ0) is 13.2. The highest BCUT2D eigenvalue weighted by atomic mass is 35.5. The van der Waals surface area contributed by atoms with Crippen molar-refractivity contribution in [2.24, 2.45) is 4.99 Å². The van der Waals surface area contributed by atoms with E-state index in [1.807, 2.05) is 24.5 Å². The van der Waals surface area contributed by atoms with Crippen molar-refractivity contribution in [3.63, 3.8) is 0 Å². The Balaban J connectivity index is 1.83. The summed E-state index contributed by atoms with van der Waals surface area (Å²) in [7, 11) is 0. The normalized spacial score (nSPS) is 15.2. The Morgan fingerprint density at radius 2 is 1.84 bits per heavy atom. The smallest absolute Gasteiger partial charge is 0.0920 e. The average Bonchev–Trinajstić information content (AvgIpc) is 2.47. The first-order valence-electron chi connectivity index (χ1n) is 6.37. The third-order valence-electron chi connectivity index (χ3n) is 3.54. The molecule has 0 radical (unpaired) electrons. The van der Waals surface area contributed by atoms with E-state index in [1.165, 1.54) is 11.1 Å². The van der Waals surface area contributed by atoms with Crippen molar-refractivity contribution in [3.8, 4) is 0 Å². The quantitative estimate of drug-likeness (QED) is 0.780. The average molecular weight is 271 g/mol. The van der Waals surface area contributed by atoms with Gasteiger partial charge in [0.2, 0.25) is 0 Å². The van der Waals surface area contributed by atoms with Gasteiger partial charge in [0.05, 0.1) is 18.1 Å².